The second kappa shape index (κ2) is 5.29. The number of benzene rings is 1. The molecule has 2 saturated carbocycles. The molecule has 1 aromatic rings. The van der Waals surface area contributed by atoms with Gasteiger partial charge in [0.2, 0.25) is 11.8 Å². The molecule has 1 saturated heterocycles. The molecule has 0 radical (unpaired) electrons. The number of imide groups is 1. The molecule has 1 aliphatic heterocycles. The van der Waals surface area contributed by atoms with Crippen molar-refractivity contribution in [1.82, 2.24) is 0 Å². The third-order valence-electron chi connectivity index (χ3n) is 6.57. The average Bonchev–Trinajstić information content (AvgIpc) is 3.40. The molecule has 4 aliphatic carbocycles. The highest BCUT2D eigenvalue weighted by atomic mass is 16.5. The van der Waals surface area contributed by atoms with E-state index in [1.165, 1.54) is 11.8 Å². The van der Waals surface area contributed by atoms with Crippen molar-refractivity contribution in [1.29, 1.82) is 0 Å². The highest BCUT2D eigenvalue weighted by Gasteiger charge is 2.67. The molecule has 5 nitrogen and oxygen atoms in total. The number of hydrogen-bond acceptors (Lipinski definition) is 4. The summed E-state index contributed by atoms with van der Waals surface area (Å²) in [6.45, 7) is 3.75. The van der Waals surface area contributed by atoms with Crippen LogP contribution >= 0.6 is 0 Å². The second-order valence-corrected chi connectivity index (χ2v) is 7.84. The number of amides is 2. The van der Waals surface area contributed by atoms with Crippen molar-refractivity contribution in [3.8, 4) is 5.75 Å². The van der Waals surface area contributed by atoms with Gasteiger partial charge in [-0.25, -0.2) is 4.90 Å². The summed E-state index contributed by atoms with van der Waals surface area (Å²) in [5.41, 5.74) is 0.889. The Morgan fingerprint density at radius 1 is 1.12 bits per heavy atom. The standard InChI is InChI=1S/C21H21NO4/c1-3-26-17-7-4-11(10(2)23)8-16(17)22-20(24)18-12-5-6-13(15-9-14(12)15)19(18)21(22)25/h4-8,12-15,18-19H,3,9H2,1-2H3/t12-,13-,14-,15+,18-,19-/m1/s1. The van der Waals surface area contributed by atoms with Gasteiger partial charge in [-0.1, -0.05) is 12.2 Å². The van der Waals surface area contributed by atoms with Crippen molar-refractivity contribution in [3.63, 3.8) is 0 Å². The van der Waals surface area contributed by atoms with Gasteiger partial charge in [-0.3, -0.25) is 14.4 Å². The smallest absolute Gasteiger partial charge is 0.238 e. The van der Waals surface area contributed by atoms with Crippen molar-refractivity contribution < 1.29 is 19.1 Å². The van der Waals surface area contributed by atoms with Gasteiger partial charge in [0.1, 0.15) is 5.75 Å². The molecule has 134 valence electrons. The summed E-state index contributed by atoms with van der Waals surface area (Å²) in [5.74, 6) is 1.10. The van der Waals surface area contributed by atoms with Crippen LogP contribution in [0.25, 0.3) is 0 Å². The molecule has 2 amide bonds. The van der Waals surface area contributed by atoms with Crippen LogP contribution in [0.15, 0.2) is 30.4 Å². The van der Waals surface area contributed by atoms with Crippen LogP contribution in [0.2, 0.25) is 0 Å². The van der Waals surface area contributed by atoms with Gasteiger partial charge < -0.3 is 4.74 Å². The van der Waals surface area contributed by atoms with Crippen LogP contribution in [-0.2, 0) is 9.59 Å². The zero-order valence-electron chi connectivity index (χ0n) is 14.8. The van der Waals surface area contributed by atoms with E-state index in [1.54, 1.807) is 18.2 Å². The average molecular weight is 351 g/mol. The minimum Gasteiger partial charge on any atom is -0.492 e. The largest absolute Gasteiger partial charge is 0.492 e. The first kappa shape index (κ1) is 15.8. The molecule has 0 N–H and O–H groups in total. The van der Waals surface area contributed by atoms with Crippen LogP contribution in [0.3, 0.4) is 0 Å². The lowest BCUT2D eigenvalue weighted by atomic mass is 9.63. The number of nitrogens with zero attached hydrogens (tertiary/aromatic N) is 1. The molecule has 6 atom stereocenters. The van der Waals surface area contributed by atoms with Gasteiger partial charge in [0, 0.05) is 5.56 Å². The molecule has 0 unspecified atom stereocenters. The molecule has 5 heteroatoms. The van der Waals surface area contributed by atoms with Crippen LogP contribution in [0, 0.1) is 35.5 Å². The summed E-state index contributed by atoms with van der Waals surface area (Å²) in [5, 5.41) is 0. The van der Waals surface area contributed by atoms with E-state index in [4.69, 9.17) is 4.74 Å². The molecular formula is C21H21NO4. The molecule has 1 heterocycles. The molecule has 0 aromatic heterocycles. The van der Waals surface area contributed by atoms with E-state index in [-0.39, 0.29) is 41.3 Å². The first-order valence-corrected chi connectivity index (χ1v) is 9.36. The number of carbonyl (C=O) groups is 3. The number of ether oxygens (including phenoxy) is 1. The summed E-state index contributed by atoms with van der Waals surface area (Å²) < 4.78 is 5.66. The van der Waals surface area contributed by atoms with Crippen molar-refractivity contribution in [2.24, 2.45) is 35.5 Å². The van der Waals surface area contributed by atoms with E-state index >= 15 is 0 Å². The van der Waals surface area contributed by atoms with Gasteiger partial charge in [-0.05, 0) is 62.1 Å². The van der Waals surface area contributed by atoms with E-state index in [2.05, 4.69) is 12.2 Å². The Morgan fingerprint density at radius 3 is 2.27 bits per heavy atom. The van der Waals surface area contributed by atoms with Crippen LogP contribution in [-0.4, -0.2) is 24.2 Å². The predicted octanol–water partition coefficient (Wildman–Crippen LogP) is 2.85. The normalized spacial score (nSPS) is 36.2. The summed E-state index contributed by atoms with van der Waals surface area (Å²) in [4.78, 5) is 39.7. The fourth-order valence-electron chi connectivity index (χ4n) is 5.38. The van der Waals surface area contributed by atoms with Crippen molar-refractivity contribution in [2.75, 3.05) is 11.5 Å². The van der Waals surface area contributed by atoms with Gasteiger partial charge in [0.05, 0.1) is 24.1 Å². The van der Waals surface area contributed by atoms with Gasteiger partial charge in [-0.2, -0.15) is 0 Å². The zero-order valence-corrected chi connectivity index (χ0v) is 14.8. The van der Waals surface area contributed by atoms with Crippen molar-refractivity contribution >= 4 is 23.3 Å². The fourth-order valence-corrected chi connectivity index (χ4v) is 5.38. The summed E-state index contributed by atoms with van der Waals surface area (Å²) in [6, 6.07) is 4.98. The van der Waals surface area contributed by atoms with Crippen LogP contribution in [0.4, 0.5) is 5.69 Å². The maximum Gasteiger partial charge on any atom is 0.238 e. The van der Waals surface area contributed by atoms with Crippen LogP contribution in [0.1, 0.15) is 30.6 Å². The summed E-state index contributed by atoms with van der Waals surface area (Å²) in [6.07, 6.45) is 5.45. The Hall–Kier alpha value is -2.43. The monoisotopic (exact) mass is 351 g/mol. The molecule has 6 rings (SSSR count). The topological polar surface area (TPSA) is 63.7 Å². The quantitative estimate of drug-likeness (QED) is 0.475. The Labute approximate surface area is 152 Å². The molecule has 3 fully saturated rings. The molecule has 0 spiro atoms. The number of allylic oxidation sites excluding steroid dienone is 2. The lowest BCUT2D eigenvalue weighted by Gasteiger charge is -2.37. The van der Waals surface area contributed by atoms with E-state index in [0.29, 0.717) is 35.4 Å². The highest BCUT2D eigenvalue weighted by Crippen LogP contribution is 2.65. The lowest BCUT2D eigenvalue weighted by Crippen LogP contribution is -2.40. The first-order valence-electron chi connectivity index (χ1n) is 9.36. The zero-order chi connectivity index (χ0) is 18.2. The Kier molecular flexibility index (Phi) is 3.21. The van der Waals surface area contributed by atoms with E-state index < -0.39 is 0 Å². The second-order valence-electron chi connectivity index (χ2n) is 7.84. The molecule has 2 bridgehead atoms. The van der Waals surface area contributed by atoms with Gasteiger partial charge >= 0.3 is 0 Å². The Balaban J connectivity index is 1.59. The Bertz CT molecular complexity index is 837. The molecule has 1 aromatic carbocycles. The number of carbonyl (C=O) groups excluding carboxylic acids is 3. The van der Waals surface area contributed by atoms with Gasteiger partial charge in [-0.15, -0.1) is 0 Å². The SMILES string of the molecule is CCOc1ccc(C(C)=O)cc1N1C(=O)[C@@H]2[C@@H]3C=C[C@H]([C@@H]4C[C@H]34)[C@H]2C1=O. The fraction of sp³-hybridized carbons (Fsp3) is 0.476. The van der Waals surface area contributed by atoms with Crippen LogP contribution < -0.4 is 9.64 Å². The van der Waals surface area contributed by atoms with E-state index in [9.17, 15) is 14.4 Å². The van der Waals surface area contributed by atoms with Crippen molar-refractivity contribution in [2.45, 2.75) is 20.3 Å². The molecular weight excluding hydrogens is 330 g/mol. The number of hydrogen-bond donors (Lipinski definition) is 0. The predicted molar refractivity (Wildman–Crippen MR) is 94.8 cm³/mol. The summed E-state index contributed by atoms with van der Waals surface area (Å²) >= 11 is 0. The Morgan fingerprint density at radius 2 is 1.73 bits per heavy atom. The summed E-state index contributed by atoms with van der Waals surface area (Å²) in [7, 11) is 0. The third kappa shape index (κ3) is 1.94. The third-order valence-corrected chi connectivity index (χ3v) is 6.57. The minimum absolute atomic E-state index is 0.103. The van der Waals surface area contributed by atoms with E-state index in [1.807, 2.05) is 6.92 Å². The number of Topliss-reactive ketones (excluding diaryl/α,β-unsaturated/α-hetero) is 1. The maximum atomic E-state index is 13.3. The maximum absolute atomic E-state index is 13.3. The van der Waals surface area contributed by atoms with Crippen molar-refractivity contribution in [3.05, 3.63) is 35.9 Å². The molecule has 5 aliphatic rings. The van der Waals surface area contributed by atoms with Crippen LogP contribution in [0.5, 0.6) is 5.75 Å². The number of rotatable bonds is 4. The van der Waals surface area contributed by atoms with Gasteiger partial charge in [0.25, 0.3) is 0 Å². The first-order chi connectivity index (χ1) is 12.5. The van der Waals surface area contributed by atoms with E-state index in [0.717, 1.165) is 6.42 Å². The lowest BCUT2D eigenvalue weighted by molar-refractivity contribution is -0.124. The van der Waals surface area contributed by atoms with Gasteiger partial charge in [0.15, 0.2) is 5.78 Å². The number of ketones is 1. The minimum atomic E-state index is -0.253. The molecule has 26 heavy (non-hydrogen) atoms. The number of anilines is 1. The highest BCUT2D eigenvalue weighted by molar-refractivity contribution is 6.23.